The molecular formula is C19H23BrN2O3. The van der Waals surface area contributed by atoms with E-state index in [1.165, 1.54) is 19.3 Å². The van der Waals surface area contributed by atoms with Crippen LogP contribution in [-0.4, -0.2) is 28.0 Å². The molecule has 1 aromatic heterocycles. The molecule has 0 aliphatic heterocycles. The first-order valence-electron chi connectivity index (χ1n) is 9.08. The normalized spacial score (nSPS) is 33.9. The fourth-order valence-corrected chi connectivity index (χ4v) is 6.10. The molecule has 4 aliphatic carbocycles. The van der Waals surface area contributed by atoms with E-state index in [-0.39, 0.29) is 17.7 Å². The van der Waals surface area contributed by atoms with E-state index in [0.29, 0.717) is 22.4 Å². The molecule has 5 nitrogen and oxygen atoms in total. The van der Waals surface area contributed by atoms with Gasteiger partial charge in [0.2, 0.25) is 5.91 Å². The molecule has 4 fully saturated rings. The Morgan fingerprint density at radius 2 is 1.84 bits per heavy atom. The molecule has 0 saturated heterocycles. The maximum atomic E-state index is 13.1. The van der Waals surface area contributed by atoms with E-state index in [2.05, 4.69) is 26.2 Å². The van der Waals surface area contributed by atoms with Gasteiger partial charge >= 0.3 is 5.97 Å². The molecule has 2 N–H and O–H groups in total. The van der Waals surface area contributed by atoms with Gasteiger partial charge in [0.1, 0.15) is 10.6 Å². The SMILES string of the molecule is O=C(O)[C@H](Cc1cccnc1Br)NC(=O)C12CC3CC(CC(C3)C1)C2. The van der Waals surface area contributed by atoms with E-state index in [4.69, 9.17) is 0 Å². The number of rotatable bonds is 5. The van der Waals surface area contributed by atoms with Gasteiger partial charge in [-0.2, -0.15) is 0 Å². The molecule has 1 amide bonds. The molecule has 25 heavy (non-hydrogen) atoms. The number of halogens is 1. The number of carboxylic acid groups (broad SMARTS) is 1. The summed E-state index contributed by atoms with van der Waals surface area (Å²) >= 11 is 3.35. The number of nitrogens with zero attached hydrogens (tertiary/aromatic N) is 1. The Kier molecular flexibility index (Phi) is 4.34. The van der Waals surface area contributed by atoms with E-state index < -0.39 is 12.0 Å². The minimum absolute atomic E-state index is 0.0426. The molecule has 134 valence electrons. The van der Waals surface area contributed by atoms with Crippen molar-refractivity contribution in [1.29, 1.82) is 0 Å². The summed E-state index contributed by atoms with van der Waals surface area (Å²) in [6.07, 6.45) is 8.49. The van der Waals surface area contributed by atoms with Crippen LogP contribution in [0.3, 0.4) is 0 Å². The Morgan fingerprint density at radius 3 is 2.36 bits per heavy atom. The molecule has 0 unspecified atom stereocenters. The number of hydrogen-bond acceptors (Lipinski definition) is 3. The van der Waals surface area contributed by atoms with Crippen LogP contribution in [0.1, 0.15) is 44.1 Å². The van der Waals surface area contributed by atoms with E-state index in [0.717, 1.165) is 24.8 Å². The van der Waals surface area contributed by atoms with Gasteiger partial charge in [0.05, 0.1) is 0 Å². The number of carbonyl (C=O) groups is 2. The lowest BCUT2D eigenvalue weighted by Gasteiger charge is -2.55. The lowest BCUT2D eigenvalue weighted by atomic mass is 9.49. The summed E-state index contributed by atoms with van der Waals surface area (Å²) in [5, 5.41) is 12.5. The number of amides is 1. The van der Waals surface area contributed by atoms with Crippen molar-refractivity contribution < 1.29 is 14.7 Å². The van der Waals surface area contributed by atoms with Gasteiger partial charge in [0.15, 0.2) is 0 Å². The van der Waals surface area contributed by atoms with Crippen molar-refractivity contribution in [3.05, 3.63) is 28.5 Å². The number of aliphatic carboxylic acids is 1. The largest absolute Gasteiger partial charge is 0.480 e. The monoisotopic (exact) mass is 406 g/mol. The fourth-order valence-electron chi connectivity index (χ4n) is 5.69. The topological polar surface area (TPSA) is 79.3 Å². The molecule has 0 aromatic carbocycles. The van der Waals surface area contributed by atoms with Crippen molar-refractivity contribution in [2.24, 2.45) is 23.2 Å². The van der Waals surface area contributed by atoms with E-state index >= 15 is 0 Å². The fraction of sp³-hybridized carbons (Fsp3) is 0.632. The van der Waals surface area contributed by atoms with Gasteiger partial charge in [-0.15, -0.1) is 0 Å². The smallest absolute Gasteiger partial charge is 0.326 e. The molecule has 4 aliphatic rings. The highest BCUT2D eigenvalue weighted by atomic mass is 79.9. The maximum absolute atomic E-state index is 13.1. The van der Waals surface area contributed by atoms with Crippen molar-refractivity contribution in [2.75, 3.05) is 0 Å². The summed E-state index contributed by atoms with van der Waals surface area (Å²) in [5.74, 6) is 0.945. The third-order valence-electron chi connectivity index (χ3n) is 6.38. The molecule has 0 spiro atoms. The van der Waals surface area contributed by atoms with Crippen molar-refractivity contribution in [2.45, 2.75) is 51.0 Å². The van der Waals surface area contributed by atoms with Crippen molar-refractivity contribution >= 4 is 27.8 Å². The summed E-state index contributed by atoms with van der Waals surface area (Å²) in [6, 6.07) is 2.70. The lowest BCUT2D eigenvalue weighted by Crippen LogP contribution is -2.56. The zero-order valence-electron chi connectivity index (χ0n) is 14.1. The van der Waals surface area contributed by atoms with Crippen molar-refractivity contribution in [1.82, 2.24) is 10.3 Å². The molecule has 4 saturated carbocycles. The average Bonchev–Trinajstić information content (AvgIpc) is 2.54. The summed E-state index contributed by atoms with van der Waals surface area (Å²) in [7, 11) is 0. The minimum atomic E-state index is -0.992. The number of hydrogen-bond donors (Lipinski definition) is 2. The van der Waals surface area contributed by atoms with Crippen LogP contribution in [0, 0.1) is 23.2 Å². The Bertz CT molecular complexity index is 670. The van der Waals surface area contributed by atoms with Crippen LogP contribution in [0.5, 0.6) is 0 Å². The predicted octanol–water partition coefficient (Wildman–Crippen LogP) is 3.17. The van der Waals surface area contributed by atoms with E-state index in [1.807, 2.05) is 6.07 Å². The molecule has 1 aromatic rings. The number of pyridine rings is 1. The summed E-state index contributed by atoms with van der Waals surface area (Å²) < 4.78 is 0.630. The quantitative estimate of drug-likeness (QED) is 0.735. The van der Waals surface area contributed by atoms with E-state index in [1.54, 1.807) is 12.3 Å². The molecule has 1 heterocycles. The first-order valence-corrected chi connectivity index (χ1v) is 9.88. The molecule has 4 bridgehead atoms. The van der Waals surface area contributed by atoms with Crippen LogP contribution in [0.25, 0.3) is 0 Å². The molecular weight excluding hydrogens is 384 g/mol. The minimum Gasteiger partial charge on any atom is -0.480 e. The zero-order valence-corrected chi connectivity index (χ0v) is 15.7. The standard InChI is InChI=1S/C19H23BrN2O3/c20-16-14(2-1-3-21-16)7-15(17(23)24)22-18(25)19-8-11-4-12(9-19)6-13(5-11)10-19/h1-3,11-13,15H,4-10H2,(H,22,25)(H,23,24)/t11?,12?,13?,15-,19?/m0/s1. The van der Waals surface area contributed by atoms with Gasteiger partial charge in [0, 0.05) is 18.0 Å². The van der Waals surface area contributed by atoms with Gasteiger partial charge in [0.25, 0.3) is 0 Å². The summed E-state index contributed by atoms with van der Waals surface area (Å²) in [6.45, 7) is 0. The third kappa shape index (κ3) is 3.21. The Labute approximate surface area is 155 Å². The van der Waals surface area contributed by atoms with Crippen LogP contribution in [-0.2, 0) is 16.0 Å². The van der Waals surface area contributed by atoms with Crippen LogP contribution in [0.15, 0.2) is 22.9 Å². The first-order chi connectivity index (χ1) is 11.9. The second-order valence-electron chi connectivity index (χ2n) is 8.22. The lowest BCUT2D eigenvalue weighted by molar-refractivity contribution is -0.151. The molecule has 5 rings (SSSR count). The highest BCUT2D eigenvalue weighted by Crippen LogP contribution is 2.60. The number of carbonyl (C=O) groups excluding carboxylic acids is 1. The maximum Gasteiger partial charge on any atom is 0.326 e. The highest BCUT2D eigenvalue weighted by molar-refractivity contribution is 9.10. The third-order valence-corrected chi connectivity index (χ3v) is 7.10. The first kappa shape index (κ1) is 17.0. The molecule has 6 heteroatoms. The second kappa shape index (κ2) is 6.38. The van der Waals surface area contributed by atoms with Gasteiger partial charge in [-0.25, -0.2) is 9.78 Å². The predicted molar refractivity (Wildman–Crippen MR) is 95.8 cm³/mol. The number of carboxylic acids is 1. The number of nitrogens with one attached hydrogen (secondary N) is 1. The second-order valence-corrected chi connectivity index (χ2v) is 8.97. The highest BCUT2D eigenvalue weighted by Gasteiger charge is 2.54. The van der Waals surface area contributed by atoms with Crippen molar-refractivity contribution in [3.63, 3.8) is 0 Å². The molecule has 0 radical (unpaired) electrons. The zero-order chi connectivity index (χ0) is 17.6. The van der Waals surface area contributed by atoms with E-state index in [9.17, 15) is 14.7 Å². The van der Waals surface area contributed by atoms with Crippen LogP contribution in [0.2, 0.25) is 0 Å². The Balaban J connectivity index is 1.50. The number of aromatic nitrogens is 1. The van der Waals surface area contributed by atoms with Crippen LogP contribution < -0.4 is 5.32 Å². The Hall–Kier alpha value is -1.43. The molecule has 1 atom stereocenters. The van der Waals surface area contributed by atoms with Crippen LogP contribution >= 0.6 is 15.9 Å². The average molecular weight is 407 g/mol. The van der Waals surface area contributed by atoms with Crippen molar-refractivity contribution in [3.8, 4) is 0 Å². The summed E-state index contributed by atoms with van der Waals surface area (Å²) in [5.41, 5.74) is 0.468. The van der Waals surface area contributed by atoms with Gasteiger partial charge in [-0.1, -0.05) is 6.07 Å². The van der Waals surface area contributed by atoms with Gasteiger partial charge < -0.3 is 10.4 Å². The Morgan fingerprint density at radius 1 is 1.24 bits per heavy atom. The van der Waals surface area contributed by atoms with Crippen LogP contribution in [0.4, 0.5) is 0 Å². The van der Waals surface area contributed by atoms with Gasteiger partial charge in [-0.05, 0) is 83.8 Å². The van der Waals surface area contributed by atoms with Gasteiger partial charge in [-0.3, -0.25) is 4.79 Å². The summed E-state index contributed by atoms with van der Waals surface area (Å²) in [4.78, 5) is 28.9.